The highest BCUT2D eigenvalue weighted by Gasteiger charge is 2.29. The third-order valence-electron chi connectivity index (χ3n) is 3.28. The van der Waals surface area contributed by atoms with Gasteiger partial charge in [0, 0.05) is 18.2 Å². The molecule has 0 radical (unpaired) electrons. The molecule has 2 rings (SSSR count). The van der Waals surface area contributed by atoms with Crippen molar-refractivity contribution in [1.29, 1.82) is 0 Å². The minimum absolute atomic E-state index is 0.00361. The molecule has 0 aliphatic heterocycles. The van der Waals surface area contributed by atoms with Gasteiger partial charge in [0.05, 0.1) is 11.6 Å². The molecule has 1 N–H and O–H groups in total. The first-order valence-corrected chi connectivity index (χ1v) is 6.38. The van der Waals surface area contributed by atoms with E-state index in [1.807, 2.05) is 0 Å². The quantitative estimate of drug-likeness (QED) is 0.914. The zero-order valence-electron chi connectivity index (χ0n) is 9.90. The number of hydrogen-bond donors (Lipinski definition) is 1. The second-order valence-electron chi connectivity index (χ2n) is 4.44. The molecule has 0 heterocycles. The van der Waals surface area contributed by atoms with Gasteiger partial charge in [-0.15, -0.1) is 0 Å². The second-order valence-corrected chi connectivity index (χ2v) is 4.84. The maximum absolute atomic E-state index is 13.3. The number of benzene rings is 1. The molecule has 1 amide bonds. The van der Waals surface area contributed by atoms with Gasteiger partial charge < -0.3 is 10.0 Å². The van der Waals surface area contributed by atoms with Crippen LogP contribution >= 0.6 is 11.6 Å². The van der Waals surface area contributed by atoms with Crippen molar-refractivity contribution in [2.75, 3.05) is 13.2 Å². The molecule has 0 spiro atoms. The first-order chi connectivity index (χ1) is 8.63. The summed E-state index contributed by atoms with van der Waals surface area (Å²) in [6, 6.07) is 4.20. The number of halogens is 2. The van der Waals surface area contributed by atoms with Crippen LogP contribution in [0.25, 0.3) is 0 Å². The highest BCUT2D eigenvalue weighted by Crippen LogP contribution is 2.26. The summed E-state index contributed by atoms with van der Waals surface area (Å²) < 4.78 is 13.3. The zero-order chi connectivity index (χ0) is 13.1. The van der Waals surface area contributed by atoms with Crippen LogP contribution in [0.15, 0.2) is 18.2 Å². The lowest BCUT2D eigenvalue weighted by Crippen LogP contribution is -2.45. The van der Waals surface area contributed by atoms with Crippen LogP contribution in [0.4, 0.5) is 4.39 Å². The normalized spacial score (nSPS) is 15.3. The minimum atomic E-state index is -0.597. The smallest absolute Gasteiger partial charge is 0.254 e. The number of nitrogens with zero attached hydrogens (tertiary/aromatic N) is 1. The van der Waals surface area contributed by atoms with Gasteiger partial charge in [-0.1, -0.05) is 11.6 Å². The molecule has 1 saturated carbocycles. The Kier molecular flexibility index (Phi) is 4.19. The predicted molar refractivity (Wildman–Crippen MR) is 67.2 cm³/mol. The van der Waals surface area contributed by atoms with Crippen LogP contribution < -0.4 is 0 Å². The van der Waals surface area contributed by atoms with Crippen molar-refractivity contribution in [3.05, 3.63) is 34.6 Å². The molecule has 3 nitrogen and oxygen atoms in total. The maximum atomic E-state index is 13.3. The molecule has 1 aromatic carbocycles. The lowest BCUT2D eigenvalue weighted by molar-refractivity contribution is 0.0525. The molecule has 0 atom stereocenters. The molecule has 1 aliphatic rings. The molecule has 1 aromatic rings. The molecule has 18 heavy (non-hydrogen) atoms. The van der Waals surface area contributed by atoms with Crippen molar-refractivity contribution < 1.29 is 14.3 Å². The molecule has 98 valence electrons. The maximum Gasteiger partial charge on any atom is 0.254 e. The van der Waals surface area contributed by atoms with Crippen molar-refractivity contribution in [2.24, 2.45) is 0 Å². The molecular formula is C13H15ClFNO2. The van der Waals surface area contributed by atoms with Gasteiger partial charge in [0.15, 0.2) is 0 Å². The average Bonchev–Trinajstić information content (AvgIpc) is 2.29. The third kappa shape index (κ3) is 2.65. The van der Waals surface area contributed by atoms with Crippen LogP contribution in [-0.2, 0) is 0 Å². The second kappa shape index (κ2) is 5.67. The Hall–Kier alpha value is -1.13. The van der Waals surface area contributed by atoms with Gasteiger partial charge in [0.25, 0.3) is 5.91 Å². The van der Waals surface area contributed by atoms with Gasteiger partial charge in [0.1, 0.15) is 5.82 Å². The molecule has 5 heteroatoms. The number of aliphatic hydroxyl groups is 1. The Bertz CT molecular complexity index is 449. The Morgan fingerprint density at radius 3 is 2.72 bits per heavy atom. The van der Waals surface area contributed by atoms with Crippen LogP contribution in [0, 0.1) is 5.82 Å². The van der Waals surface area contributed by atoms with Crippen molar-refractivity contribution >= 4 is 17.5 Å². The van der Waals surface area contributed by atoms with Gasteiger partial charge in [-0.25, -0.2) is 4.39 Å². The molecule has 1 fully saturated rings. The fourth-order valence-electron chi connectivity index (χ4n) is 2.05. The Labute approximate surface area is 110 Å². The lowest BCUT2D eigenvalue weighted by atomic mass is 9.91. The molecule has 1 aliphatic carbocycles. The molecule has 0 saturated heterocycles. The minimum Gasteiger partial charge on any atom is -0.395 e. The van der Waals surface area contributed by atoms with E-state index in [1.54, 1.807) is 4.90 Å². The summed E-state index contributed by atoms with van der Waals surface area (Å²) >= 11 is 5.59. The van der Waals surface area contributed by atoms with E-state index in [0.29, 0.717) is 0 Å². The first kappa shape index (κ1) is 13.3. The standard InChI is InChI=1S/C13H15ClFNO2/c14-11-5-4-9(8-12(11)15)13(18)16(6-7-17)10-2-1-3-10/h4-5,8,10,17H,1-3,6-7H2. The molecule has 0 bridgehead atoms. The number of rotatable bonds is 4. The Balaban J connectivity index is 2.18. The molecule has 0 unspecified atom stereocenters. The van der Waals surface area contributed by atoms with Crippen LogP contribution in [0.1, 0.15) is 29.6 Å². The van der Waals surface area contributed by atoms with E-state index < -0.39 is 5.82 Å². The highest BCUT2D eigenvalue weighted by molar-refractivity contribution is 6.30. The number of carbonyl (C=O) groups excluding carboxylic acids is 1. The summed E-state index contributed by atoms with van der Waals surface area (Å²) in [7, 11) is 0. The van der Waals surface area contributed by atoms with Crippen molar-refractivity contribution in [3.63, 3.8) is 0 Å². The molecule has 0 aromatic heterocycles. The zero-order valence-corrected chi connectivity index (χ0v) is 10.7. The number of amides is 1. The Morgan fingerprint density at radius 2 is 2.22 bits per heavy atom. The fraction of sp³-hybridized carbons (Fsp3) is 0.462. The summed E-state index contributed by atoms with van der Waals surface area (Å²) in [5.74, 6) is -0.843. The van der Waals surface area contributed by atoms with Crippen LogP contribution in [0.5, 0.6) is 0 Å². The van der Waals surface area contributed by atoms with E-state index in [4.69, 9.17) is 16.7 Å². The SMILES string of the molecule is O=C(c1ccc(Cl)c(F)c1)N(CCO)C1CCC1. The third-order valence-corrected chi connectivity index (χ3v) is 3.59. The topological polar surface area (TPSA) is 40.5 Å². The largest absolute Gasteiger partial charge is 0.395 e. The summed E-state index contributed by atoms with van der Waals surface area (Å²) in [5, 5.41) is 9.01. The van der Waals surface area contributed by atoms with E-state index in [1.165, 1.54) is 12.1 Å². The van der Waals surface area contributed by atoms with E-state index >= 15 is 0 Å². The van der Waals surface area contributed by atoms with Crippen LogP contribution in [0.2, 0.25) is 5.02 Å². The van der Waals surface area contributed by atoms with Crippen molar-refractivity contribution in [1.82, 2.24) is 4.90 Å². The number of hydrogen-bond acceptors (Lipinski definition) is 2. The average molecular weight is 272 g/mol. The van der Waals surface area contributed by atoms with Crippen LogP contribution in [-0.4, -0.2) is 35.1 Å². The highest BCUT2D eigenvalue weighted by atomic mass is 35.5. The predicted octanol–water partition coefficient (Wildman–Crippen LogP) is 2.47. The van der Waals surface area contributed by atoms with E-state index in [9.17, 15) is 9.18 Å². The van der Waals surface area contributed by atoms with Crippen molar-refractivity contribution in [2.45, 2.75) is 25.3 Å². The number of aliphatic hydroxyl groups excluding tert-OH is 1. The summed E-state index contributed by atoms with van der Waals surface area (Å²) in [6.45, 7) is 0.200. The van der Waals surface area contributed by atoms with E-state index in [0.717, 1.165) is 25.3 Å². The van der Waals surface area contributed by atoms with Crippen LogP contribution in [0.3, 0.4) is 0 Å². The molecular weight excluding hydrogens is 257 g/mol. The number of carbonyl (C=O) groups is 1. The monoisotopic (exact) mass is 271 g/mol. The van der Waals surface area contributed by atoms with Gasteiger partial charge in [-0.05, 0) is 37.5 Å². The van der Waals surface area contributed by atoms with Gasteiger partial charge in [-0.2, -0.15) is 0 Å². The lowest BCUT2D eigenvalue weighted by Gasteiger charge is -2.37. The summed E-state index contributed by atoms with van der Waals surface area (Å²) in [5.41, 5.74) is 0.275. The summed E-state index contributed by atoms with van der Waals surface area (Å²) in [6.07, 6.45) is 2.98. The van der Waals surface area contributed by atoms with Gasteiger partial charge in [-0.3, -0.25) is 4.79 Å². The van der Waals surface area contributed by atoms with Gasteiger partial charge in [0.2, 0.25) is 0 Å². The van der Waals surface area contributed by atoms with Gasteiger partial charge >= 0.3 is 0 Å². The first-order valence-electron chi connectivity index (χ1n) is 6.00. The fourth-order valence-corrected chi connectivity index (χ4v) is 2.17. The van der Waals surface area contributed by atoms with E-state index in [2.05, 4.69) is 0 Å². The van der Waals surface area contributed by atoms with E-state index in [-0.39, 0.29) is 35.7 Å². The van der Waals surface area contributed by atoms with Crippen molar-refractivity contribution in [3.8, 4) is 0 Å². The summed E-state index contributed by atoms with van der Waals surface area (Å²) in [4.78, 5) is 13.9. The Morgan fingerprint density at radius 1 is 1.50 bits per heavy atom.